The Balaban J connectivity index is 3.13. The maximum Gasteiger partial charge on any atom is 0.333 e. The van der Waals surface area contributed by atoms with E-state index in [4.69, 9.17) is 0 Å². The van der Waals surface area contributed by atoms with E-state index in [1.165, 1.54) is 6.08 Å². The number of nitrogens with zero attached hydrogens (tertiary/aromatic N) is 3. The van der Waals surface area contributed by atoms with Gasteiger partial charge >= 0.3 is 6.03 Å². The van der Waals surface area contributed by atoms with Crippen LogP contribution in [0.15, 0.2) is 35.8 Å². The third-order valence-electron chi connectivity index (χ3n) is 4.55. The van der Waals surface area contributed by atoms with Crippen molar-refractivity contribution in [2.24, 2.45) is 0 Å². The number of hydrogen-bond donors (Lipinski definition) is 1. The number of unbranched alkanes of at least 4 members (excludes halogenated alkanes) is 2. The second-order valence-corrected chi connectivity index (χ2v) is 6.62. The van der Waals surface area contributed by atoms with Gasteiger partial charge in [0.2, 0.25) is 0 Å². The molecule has 4 amide bonds. The molecule has 0 aromatic rings. The molecule has 1 rings (SSSR count). The molecule has 7 nitrogen and oxygen atoms in total. The summed E-state index contributed by atoms with van der Waals surface area (Å²) in [4.78, 5) is 42.2. The summed E-state index contributed by atoms with van der Waals surface area (Å²) in [6.45, 7) is 10.2. The van der Waals surface area contributed by atoms with Crippen molar-refractivity contribution in [1.82, 2.24) is 14.7 Å². The minimum absolute atomic E-state index is 0.184. The van der Waals surface area contributed by atoms with Gasteiger partial charge in [-0.15, -0.1) is 0 Å². The van der Waals surface area contributed by atoms with Crippen molar-refractivity contribution in [1.29, 1.82) is 0 Å². The molecule has 1 N–H and O–H groups in total. The number of imide groups is 2. The first-order valence-corrected chi connectivity index (χ1v) is 10.1. The van der Waals surface area contributed by atoms with Gasteiger partial charge in [-0.2, -0.15) is 0 Å². The third-order valence-corrected chi connectivity index (χ3v) is 4.55. The zero-order valence-corrected chi connectivity index (χ0v) is 17.5. The maximum absolute atomic E-state index is 12.7. The normalized spacial score (nSPS) is 15.8. The van der Waals surface area contributed by atoms with E-state index >= 15 is 0 Å². The van der Waals surface area contributed by atoms with Crippen LogP contribution < -0.4 is 0 Å². The topological polar surface area (TPSA) is 81.2 Å². The molecular formula is C21H33N3O4. The minimum Gasteiger partial charge on any atom is -0.508 e. The first-order chi connectivity index (χ1) is 13.4. The Morgan fingerprint density at radius 3 is 1.86 bits per heavy atom. The van der Waals surface area contributed by atoms with Gasteiger partial charge in [0.05, 0.1) is 0 Å². The predicted molar refractivity (Wildman–Crippen MR) is 109 cm³/mol. The van der Waals surface area contributed by atoms with Crippen molar-refractivity contribution < 1.29 is 19.5 Å². The zero-order valence-electron chi connectivity index (χ0n) is 17.5. The fourth-order valence-electron chi connectivity index (χ4n) is 2.75. The average molecular weight is 392 g/mol. The first kappa shape index (κ1) is 23.5. The SMILES string of the molecule is CCCCN1C(=O)C(=C/C(O)=C/C=C/N(CC)CC)C(=O)N(CCCC)C1=O. The van der Waals surface area contributed by atoms with Gasteiger partial charge in [-0.05, 0) is 51.1 Å². The van der Waals surface area contributed by atoms with Crippen LogP contribution >= 0.6 is 0 Å². The van der Waals surface area contributed by atoms with Gasteiger partial charge in [0.15, 0.2) is 0 Å². The smallest absolute Gasteiger partial charge is 0.333 e. The fraction of sp³-hybridized carbons (Fsp3) is 0.571. The van der Waals surface area contributed by atoms with E-state index in [0.29, 0.717) is 12.8 Å². The molecule has 0 aliphatic carbocycles. The summed E-state index contributed by atoms with van der Waals surface area (Å²) < 4.78 is 0. The Morgan fingerprint density at radius 2 is 1.43 bits per heavy atom. The maximum atomic E-state index is 12.7. The van der Waals surface area contributed by atoms with E-state index in [1.807, 2.05) is 38.8 Å². The molecule has 0 aromatic heterocycles. The van der Waals surface area contributed by atoms with Gasteiger partial charge in [0, 0.05) is 26.2 Å². The van der Waals surface area contributed by atoms with Crippen molar-refractivity contribution in [2.45, 2.75) is 53.4 Å². The number of hydrogen-bond acceptors (Lipinski definition) is 5. The van der Waals surface area contributed by atoms with Gasteiger partial charge in [-0.25, -0.2) is 4.79 Å². The number of allylic oxidation sites excluding steroid dienone is 3. The standard InChI is InChI=1S/C21H33N3O4/c1-5-9-14-23-19(26)18(20(27)24(21(23)28)15-10-6-2)16-17(25)12-11-13-22(7-3)8-4/h11-13,16,25H,5-10,14-15H2,1-4H3/b13-11+,17-12-. The number of amides is 4. The number of barbiturate groups is 1. The highest BCUT2D eigenvalue weighted by Gasteiger charge is 2.41. The van der Waals surface area contributed by atoms with Crippen LogP contribution in [0.2, 0.25) is 0 Å². The lowest BCUT2D eigenvalue weighted by atomic mass is 10.1. The van der Waals surface area contributed by atoms with E-state index in [0.717, 1.165) is 41.8 Å². The highest BCUT2D eigenvalue weighted by Crippen LogP contribution is 2.20. The number of carbonyl (C=O) groups excluding carboxylic acids is 3. The molecule has 1 saturated heterocycles. The van der Waals surface area contributed by atoms with Crippen LogP contribution in [0.4, 0.5) is 4.79 Å². The lowest BCUT2D eigenvalue weighted by molar-refractivity contribution is -0.136. The average Bonchev–Trinajstić information content (AvgIpc) is 2.68. The minimum atomic E-state index is -0.649. The van der Waals surface area contributed by atoms with E-state index in [-0.39, 0.29) is 24.4 Å². The van der Waals surface area contributed by atoms with E-state index in [9.17, 15) is 19.5 Å². The summed E-state index contributed by atoms with van der Waals surface area (Å²) in [5.41, 5.74) is -0.184. The number of carbonyl (C=O) groups is 3. The molecule has 1 aliphatic heterocycles. The quantitative estimate of drug-likeness (QED) is 0.252. The van der Waals surface area contributed by atoms with Crippen LogP contribution in [-0.4, -0.2) is 63.8 Å². The highest BCUT2D eigenvalue weighted by molar-refractivity contribution is 6.28. The zero-order chi connectivity index (χ0) is 21.1. The van der Waals surface area contributed by atoms with Crippen LogP contribution in [0.25, 0.3) is 0 Å². The molecule has 0 bridgehead atoms. The highest BCUT2D eigenvalue weighted by atomic mass is 16.3. The lowest BCUT2D eigenvalue weighted by Gasteiger charge is -2.33. The molecule has 1 heterocycles. The van der Waals surface area contributed by atoms with Crippen LogP contribution in [0, 0.1) is 0 Å². The molecule has 0 aromatic carbocycles. The largest absolute Gasteiger partial charge is 0.508 e. The number of urea groups is 1. The van der Waals surface area contributed by atoms with E-state index < -0.39 is 17.8 Å². The van der Waals surface area contributed by atoms with Crippen molar-refractivity contribution in [2.75, 3.05) is 26.2 Å². The molecular weight excluding hydrogens is 358 g/mol. The number of aliphatic hydroxyl groups is 1. The van der Waals surface area contributed by atoms with Gasteiger partial charge in [-0.1, -0.05) is 26.7 Å². The molecule has 0 atom stereocenters. The molecule has 0 radical (unpaired) electrons. The molecule has 7 heteroatoms. The Labute approximate surface area is 168 Å². The van der Waals surface area contributed by atoms with Gasteiger partial charge in [-0.3, -0.25) is 19.4 Å². The van der Waals surface area contributed by atoms with Gasteiger partial charge in [0.25, 0.3) is 11.8 Å². The Bertz CT molecular complexity index is 616. The Hall–Kier alpha value is -2.57. The monoisotopic (exact) mass is 391 g/mol. The summed E-state index contributed by atoms with van der Waals surface area (Å²) >= 11 is 0. The van der Waals surface area contributed by atoms with Crippen molar-refractivity contribution in [3.8, 4) is 0 Å². The molecule has 156 valence electrons. The van der Waals surface area contributed by atoms with Crippen LogP contribution in [0.1, 0.15) is 53.4 Å². The van der Waals surface area contributed by atoms with E-state index in [2.05, 4.69) is 0 Å². The van der Waals surface area contributed by atoms with Gasteiger partial charge in [0.1, 0.15) is 11.3 Å². The van der Waals surface area contributed by atoms with Gasteiger partial charge < -0.3 is 10.0 Å². The second-order valence-electron chi connectivity index (χ2n) is 6.62. The van der Waals surface area contributed by atoms with Crippen molar-refractivity contribution in [3.05, 3.63) is 35.8 Å². The summed E-state index contributed by atoms with van der Waals surface area (Å²) in [7, 11) is 0. The number of rotatable bonds is 11. The van der Waals surface area contributed by atoms with E-state index in [1.54, 1.807) is 6.08 Å². The fourth-order valence-corrected chi connectivity index (χ4v) is 2.75. The number of aliphatic hydroxyl groups excluding tert-OH is 1. The second kappa shape index (κ2) is 12.0. The Kier molecular flexibility index (Phi) is 10.1. The van der Waals surface area contributed by atoms with Crippen molar-refractivity contribution in [3.63, 3.8) is 0 Å². The van der Waals surface area contributed by atoms with Crippen molar-refractivity contribution >= 4 is 17.8 Å². The third kappa shape index (κ3) is 6.25. The molecule has 1 fully saturated rings. The molecule has 28 heavy (non-hydrogen) atoms. The van der Waals surface area contributed by atoms with Crippen LogP contribution in [-0.2, 0) is 9.59 Å². The summed E-state index contributed by atoms with van der Waals surface area (Å²) in [6.07, 6.45) is 9.02. The summed E-state index contributed by atoms with van der Waals surface area (Å²) in [6, 6.07) is -0.570. The Morgan fingerprint density at radius 1 is 0.929 bits per heavy atom. The summed E-state index contributed by atoms with van der Waals surface area (Å²) in [5.74, 6) is -1.51. The molecule has 0 saturated carbocycles. The van der Waals surface area contributed by atoms with Crippen LogP contribution in [0.3, 0.4) is 0 Å². The van der Waals surface area contributed by atoms with Crippen LogP contribution in [0.5, 0.6) is 0 Å². The first-order valence-electron chi connectivity index (χ1n) is 10.1. The predicted octanol–water partition coefficient (Wildman–Crippen LogP) is 3.60. The molecule has 0 spiro atoms. The molecule has 0 unspecified atom stereocenters. The molecule has 1 aliphatic rings. The lowest BCUT2D eigenvalue weighted by Crippen LogP contribution is -2.56. The summed E-state index contributed by atoms with van der Waals surface area (Å²) in [5, 5.41) is 10.2.